The molecule has 0 spiro atoms. The number of carbonyl (C=O) groups excluding carboxylic acids is 5. The van der Waals surface area contributed by atoms with Crippen LogP contribution in [0.1, 0.15) is 69.2 Å². The summed E-state index contributed by atoms with van der Waals surface area (Å²) in [5.74, 6) is -6.50. The van der Waals surface area contributed by atoms with Gasteiger partial charge in [-0.2, -0.15) is 0 Å². The molecule has 2 atom stereocenters. The van der Waals surface area contributed by atoms with E-state index in [4.69, 9.17) is 14.2 Å². The minimum absolute atomic E-state index is 0.0737. The van der Waals surface area contributed by atoms with Gasteiger partial charge in [0, 0.05) is 7.05 Å². The van der Waals surface area contributed by atoms with Gasteiger partial charge in [0.1, 0.15) is 16.8 Å². The van der Waals surface area contributed by atoms with Crippen molar-refractivity contribution in [1.82, 2.24) is 9.80 Å². The average Bonchev–Trinajstić information content (AvgIpc) is 2.84. The Bertz CT molecular complexity index is 773. The SMILES string of the molecule is C[C@@H](C(=O)N1C(=O)N(C)C[C@H]1C(=O)OC(C)(C)C)C(C(=O)OC(C)(C)C)C(=O)OC(C)(C)C. The molecule has 10 heteroatoms. The van der Waals surface area contributed by atoms with Crippen LogP contribution in [-0.4, -0.2) is 76.1 Å². The van der Waals surface area contributed by atoms with Gasteiger partial charge in [-0.25, -0.2) is 14.5 Å². The van der Waals surface area contributed by atoms with Crippen LogP contribution < -0.4 is 0 Å². The Balaban J connectivity index is 3.33. The van der Waals surface area contributed by atoms with E-state index in [1.807, 2.05) is 0 Å². The summed E-state index contributed by atoms with van der Waals surface area (Å²) in [5, 5.41) is 0. The van der Waals surface area contributed by atoms with Gasteiger partial charge in [-0.3, -0.25) is 14.4 Å². The van der Waals surface area contributed by atoms with Crippen molar-refractivity contribution in [3.63, 3.8) is 0 Å². The minimum atomic E-state index is -1.63. The highest BCUT2D eigenvalue weighted by molar-refractivity contribution is 6.06. The van der Waals surface area contributed by atoms with E-state index in [0.717, 1.165) is 4.90 Å². The van der Waals surface area contributed by atoms with Gasteiger partial charge in [0.15, 0.2) is 12.0 Å². The Morgan fingerprint density at radius 2 is 1.21 bits per heavy atom. The molecule has 1 rings (SSSR count). The first kappa shape index (κ1) is 28.4. The standard InChI is InChI=1S/C23H38N2O8/c1-13(15(18(28)32-22(5,6)7)19(29)33-23(8,9)10)16(26)25-14(12-24(11)20(25)30)17(27)31-21(2,3)4/h13-15H,12H2,1-11H3/t13-,14+/m1/s1. The summed E-state index contributed by atoms with van der Waals surface area (Å²) in [6, 6.07) is -1.94. The highest BCUT2D eigenvalue weighted by Crippen LogP contribution is 2.27. The summed E-state index contributed by atoms with van der Waals surface area (Å²) in [5.41, 5.74) is -2.69. The minimum Gasteiger partial charge on any atom is -0.459 e. The molecule has 0 saturated carbocycles. The zero-order valence-corrected chi connectivity index (χ0v) is 21.6. The lowest BCUT2D eigenvalue weighted by Gasteiger charge is -2.31. The number of imide groups is 1. The molecule has 10 nitrogen and oxygen atoms in total. The van der Waals surface area contributed by atoms with Crippen molar-refractivity contribution in [2.75, 3.05) is 13.6 Å². The summed E-state index contributed by atoms with van der Waals surface area (Å²) < 4.78 is 16.1. The molecular formula is C23H38N2O8. The molecule has 188 valence electrons. The number of esters is 3. The average molecular weight is 471 g/mol. The Labute approximate surface area is 195 Å². The number of nitrogens with zero attached hydrogens (tertiary/aromatic N) is 2. The molecule has 0 bridgehead atoms. The van der Waals surface area contributed by atoms with E-state index in [9.17, 15) is 24.0 Å². The quantitative estimate of drug-likeness (QED) is 0.342. The first-order valence-corrected chi connectivity index (χ1v) is 10.9. The normalized spacial score (nSPS) is 18.3. The molecule has 0 aromatic rings. The second-order valence-corrected chi connectivity index (χ2v) is 11.3. The largest absolute Gasteiger partial charge is 0.459 e. The highest BCUT2D eigenvalue weighted by Gasteiger charge is 2.50. The molecule has 1 heterocycles. The van der Waals surface area contributed by atoms with Gasteiger partial charge in [0.25, 0.3) is 0 Å². The van der Waals surface area contributed by atoms with Crippen LogP contribution in [0.3, 0.4) is 0 Å². The maximum atomic E-state index is 13.4. The van der Waals surface area contributed by atoms with E-state index >= 15 is 0 Å². The van der Waals surface area contributed by atoms with Crippen LogP contribution in [0.2, 0.25) is 0 Å². The van der Waals surface area contributed by atoms with Crippen molar-refractivity contribution in [2.24, 2.45) is 11.8 Å². The molecule has 1 aliphatic rings. The van der Waals surface area contributed by atoms with Gasteiger partial charge in [-0.15, -0.1) is 0 Å². The predicted molar refractivity (Wildman–Crippen MR) is 119 cm³/mol. The van der Waals surface area contributed by atoms with Crippen molar-refractivity contribution in [3.05, 3.63) is 0 Å². The van der Waals surface area contributed by atoms with Crippen LogP contribution in [0.15, 0.2) is 0 Å². The molecule has 0 aromatic heterocycles. The Morgan fingerprint density at radius 1 is 0.818 bits per heavy atom. The fourth-order valence-corrected chi connectivity index (χ4v) is 3.13. The van der Waals surface area contributed by atoms with E-state index in [2.05, 4.69) is 0 Å². The maximum Gasteiger partial charge on any atom is 0.331 e. The fourth-order valence-electron chi connectivity index (χ4n) is 3.13. The lowest BCUT2D eigenvalue weighted by molar-refractivity contribution is -0.179. The Morgan fingerprint density at radius 3 is 1.58 bits per heavy atom. The van der Waals surface area contributed by atoms with E-state index in [0.29, 0.717) is 0 Å². The predicted octanol–water partition coefficient (Wildman–Crippen LogP) is 2.53. The van der Waals surface area contributed by atoms with Crippen molar-refractivity contribution in [1.29, 1.82) is 0 Å². The van der Waals surface area contributed by atoms with E-state index in [1.165, 1.54) is 18.9 Å². The Hall–Kier alpha value is -2.65. The van der Waals surface area contributed by atoms with Crippen LogP contribution >= 0.6 is 0 Å². The van der Waals surface area contributed by atoms with Crippen molar-refractivity contribution in [2.45, 2.75) is 92.1 Å². The number of rotatable bonds is 5. The van der Waals surface area contributed by atoms with Gasteiger partial charge in [-0.05, 0) is 62.3 Å². The lowest BCUT2D eigenvalue weighted by atomic mass is 9.91. The number of likely N-dealkylation sites (N-methyl/N-ethyl adjacent to an activating group) is 1. The number of urea groups is 1. The molecule has 33 heavy (non-hydrogen) atoms. The van der Waals surface area contributed by atoms with E-state index in [1.54, 1.807) is 62.3 Å². The van der Waals surface area contributed by atoms with Crippen LogP contribution in [-0.2, 0) is 33.4 Å². The van der Waals surface area contributed by atoms with Gasteiger partial charge in [0.2, 0.25) is 5.91 Å². The third-order valence-corrected chi connectivity index (χ3v) is 4.42. The summed E-state index contributed by atoms with van der Waals surface area (Å²) >= 11 is 0. The van der Waals surface area contributed by atoms with Crippen molar-refractivity contribution < 1.29 is 38.2 Å². The molecule has 0 N–H and O–H groups in total. The molecule has 3 amide bonds. The third-order valence-electron chi connectivity index (χ3n) is 4.42. The third kappa shape index (κ3) is 8.01. The zero-order valence-electron chi connectivity index (χ0n) is 21.6. The lowest BCUT2D eigenvalue weighted by Crippen LogP contribution is -2.51. The molecule has 1 saturated heterocycles. The van der Waals surface area contributed by atoms with Crippen LogP contribution in [0, 0.1) is 11.8 Å². The van der Waals surface area contributed by atoms with E-state index in [-0.39, 0.29) is 6.54 Å². The summed E-state index contributed by atoms with van der Waals surface area (Å²) in [6.07, 6.45) is 0. The summed E-state index contributed by atoms with van der Waals surface area (Å²) in [7, 11) is 1.44. The molecule has 1 fully saturated rings. The van der Waals surface area contributed by atoms with Gasteiger partial charge in [-0.1, -0.05) is 6.92 Å². The van der Waals surface area contributed by atoms with Gasteiger partial charge >= 0.3 is 23.9 Å². The number of ether oxygens (including phenoxy) is 3. The van der Waals surface area contributed by atoms with Crippen LogP contribution in [0.25, 0.3) is 0 Å². The monoisotopic (exact) mass is 470 g/mol. The first-order chi connectivity index (χ1) is 14.6. The molecule has 0 radical (unpaired) electrons. The summed E-state index contributed by atoms with van der Waals surface area (Å²) in [4.78, 5) is 66.7. The summed E-state index contributed by atoms with van der Waals surface area (Å²) in [6.45, 7) is 16.0. The van der Waals surface area contributed by atoms with E-state index < -0.39 is 64.5 Å². The first-order valence-electron chi connectivity index (χ1n) is 10.9. The second-order valence-electron chi connectivity index (χ2n) is 11.3. The van der Waals surface area contributed by atoms with Crippen LogP contribution in [0.5, 0.6) is 0 Å². The number of hydrogen-bond donors (Lipinski definition) is 0. The molecule has 1 aliphatic heterocycles. The highest BCUT2D eigenvalue weighted by atomic mass is 16.6. The molecular weight excluding hydrogens is 432 g/mol. The van der Waals surface area contributed by atoms with Crippen molar-refractivity contribution >= 4 is 29.8 Å². The number of carbonyl (C=O) groups is 5. The number of amides is 3. The molecule has 0 aliphatic carbocycles. The van der Waals surface area contributed by atoms with Crippen LogP contribution in [0.4, 0.5) is 4.79 Å². The zero-order chi connectivity index (χ0) is 26.1. The smallest absolute Gasteiger partial charge is 0.331 e. The molecule has 0 aromatic carbocycles. The van der Waals surface area contributed by atoms with Gasteiger partial charge < -0.3 is 19.1 Å². The second kappa shape index (κ2) is 9.69. The fraction of sp³-hybridized carbons (Fsp3) is 0.783. The van der Waals surface area contributed by atoms with Gasteiger partial charge in [0.05, 0.1) is 12.5 Å². The Kier molecular flexibility index (Phi) is 8.33. The number of hydrogen-bond acceptors (Lipinski definition) is 8. The maximum absolute atomic E-state index is 13.4. The topological polar surface area (TPSA) is 120 Å². The van der Waals surface area contributed by atoms with Crippen molar-refractivity contribution in [3.8, 4) is 0 Å². The molecule has 0 unspecified atom stereocenters.